The fraction of sp³-hybridized carbons (Fsp3) is 0.400. The summed E-state index contributed by atoms with van der Waals surface area (Å²) in [5.41, 5.74) is 2.25. The minimum Gasteiger partial charge on any atom is -0.497 e. The fourth-order valence-electron chi connectivity index (χ4n) is 2.43. The lowest BCUT2D eigenvalue weighted by Crippen LogP contribution is -2.41. The molecule has 2 rings (SSSR count). The predicted molar refractivity (Wildman–Crippen MR) is 105 cm³/mol. The Morgan fingerprint density at radius 3 is 2.50 bits per heavy atom. The van der Waals surface area contributed by atoms with Crippen LogP contribution in [0, 0.1) is 6.92 Å². The van der Waals surface area contributed by atoms with Crippen molar-refractivity contribution >= 4 is 5.96 Å². The minimum atomic E-state index is 0.575. The number of hydrogen-bond donors (Lipinski definition) is 1. The van der Waals surface area contributed by atoms with Gasteiger partial charge in [0.2, 0.25) is 0 Å². The Kier molecular flexibility index (Phi) is 7.74. The van der Waals surface area contributed by atoms with Gasteiger partial charge in [0.25, 0.3) is 0 Å². The van der Waals surface area contributed by atoms with Crippen LogP contribution in [0.3, 0.4) is 0 Å². The maximum absolute atomic E-state index is 5.77. The Bertz CT molecular complexity index is 684. The van der Waals surface area contributed by atoms with Crippen LogP contribution in [0.1, 0.15) is 11.3 Å². The number of aliphatic imine (C=N–C) groups is 1. The maximum atomic E-state index is 5.77. The van der Waals surface area contributed by atoms with Crippen LogP contribution in [0.25, 0.3) is 0 Å². The van der Waals surface area contributed by atoms with Crippen molar-refractivity contribution in [3.8, 4) is 11.5 Å². The minimum absolute atomic E-state index is 0.575. The zero-order chi connectivity index (χ0) is 18.8. The van der Waals surface area contributed by atoms with Gasteiger partial charge >= 0.3 is 0 Å². The zero-order valence-electron chi connectivity index (χ0n) is 16.0. The van der Waals surface area contributed by atoms with E-state index in [0.717, 1.165) is 42.7 Å². The molecule has 1 heterocycles. The second-order valence-electron chi connectivity index (χ2n) is 5.98. The molecule has 0 spiro atoms. The molecular formula is C20H28N4O2. The van der Waals surface area contributed by atoms with E-state index in [4.69, 9.17) is 9.47 Å². The Labute approximate surface area is 155 Å². The Balaban J connectivity index is 1.71. The van der Waals surface area contributed by atoms with E-state index >= 15 is 0 Å². The number of aromatic nitrogens is 1. The Morgan fingerprint density at radius 2 is 1.88 bits per heavy atom. The third-order valence-electron chi connectivity index (χ3n) is 4.00. The number of ether oxygens (including phenoxy) is 2. The monoisotopic (exact) mass is 356 g/mol. The first-order valence-corrected chi connectivity index (χ1v) is 8.72. The van der Waals surface area contributed by atoms with Gasteiger partial charge in [0.05, 0.1) is 13.7 Å². The highest BCUT2D eigenvalue weighted by Crippen LogP contribution is 2.16. The summed E-state index contributed by atoms with van der Waals surface area (Å²) in [7, 11) is 5.44. The quantitative estimate of drug-likeness (QED) is 0.582. The highest BCUT2D eigenvalue weighted by molar-refractivity contribution is 5.79. The summed E-state index contributed by atoms with van der Waals surface area (Å²) in [6, 6.07) is 11.7. The van der Waals surface area contributed by atoms with Crippen LogP contribution < -0.4 is 14.8 Å². The number of methoxy groups -OCH3 is 1. The average Bonchev–Trinajstić information content (AvgIpc) is 2.67. The predicted octanol–water partition coefficient (Wildman–Crippen LogP) is 2.53. The lowest BCUT2D eigenvalue weighted by atomic mass is 10.2. The molecule has 0 saturated heterocycles. The summed E-state index contributed by atoms with van der Waals surface area (Å²) < 4.78 is 10.9. The van der Waals surface area contributed by atoms with E-state index in [1.807, 2.05) is 50.5 Å². The SMILES string of the molecule is CN=C(NCCc1ccc(C)nc1)N(C)CCOc1ccc(OC)cc1. The molecule has 0 aliphatic rings. The molecule has 0 aliphatic carbocycles. The number of aryl methyl sites for hydroxylation is 1. The van der Waals surface area contributed by atoms with E-state index in [1.54, 1.807) is 14.2 Å². The number of likely N-dealkylation sites (N-methyl/N-ethyl adjacent to an activating group) is 1. The smallest absolute Gasteiger partial charge is 0.193 e. The van der Waals surface area contributed by atoms with E-state index < -0.39 is 0 Å². The molecule has 0 saturated carbocycles. The number of hydrogen-bond acceptors (Lipinski definition) is 4. The van der Waals surface area contributed by atoms with Gasteiger partial charge in [-0.15, -0.1) is 0 Å². The van der Waals surface area contributed by atoms with E-state index in [-0.39, 0.29) is 0 Å². The third-order valence-corrected chi connectivity index (χ3v) is 4.00. The Hall–Kier alpha value is -2.76. The van der Waals surface area contributed by atoms with Gasteiger partial charge < -0.3 is 19.7 Å². The largest absolute Gasteiger partial charge is 0.497 e. The van der Waals surface area contributed by atoms with Crippen LogP contribution in [0.15, 0.2) is 47.6 Å². The van der Waals surface area contributed by atoms with Gasteiger partial charge in [0.15, 0.2) is 5.96 Å². The van der Waals surface area contributed by atoms with Gasteiger partial charge in [0.1, 0.15) is 18.1 Å². The molecule has 140 valence electrons. The summed E-state index contributed by atoms with van der Waals surface area (Å²) in [5.74, 6) is 2.50. The molecule has 0 fully saturated rings. The molecule has 6 nitrogen and oxygen atoms in total. The lowest BCUT2D eigenvalue weighted by molar-refractivity contribution is 0.281. The van der Waals surface area contributed by atoms with E-state index in [2.05, 4.69) is 26.3 Å². The fourth-order valence-corrected chi connectivity index (χ4v) is 2.43. The molecular weight excluding hydrogens is 328 g/mol. The molecule has 0 atom stereocenters. The van der Waals surface area contributed by atoms with Crippen molar-refractivity contribution < 1.29 is 9.47 Å². The summed E-state index contributed by atoms with van der Waals surface area (Å²) >= 11 is 0. The van der Waals surface area contributed by atoms with Gasteiger partial charge in [-0.2, -0.15) is 0 Å². The second-order valence-corrected chi connectivity index (χ2v) is 5.98. The van der Waals surface area contributed by atoms with Crippen LogP contribution in [-0.2, 0) is 6.42 Å². The molecule has 26 heavy (non-hydrogen) atoms. The maximum Gasteiger partial charge on any atom is 0.193 e. The van der Waals surface area contributed by atoms with E-state index in [0.29, 0.717) is 6.61 Å². The highest BCUT2D eigenvalue weighted by atomic mass is 16.5. The molecule has 0 unspecified atom stereocenters. The number of guanidine groups is 1. The molecule has 0 radical (unpaired) electrons. The topological polar surface area (TPSA) is 59.0 Å². The molecule has 0 bridgehead atoms. The third kappa shape index (κ3) is 6.27. The zero-order valence-corrected chi connectivity index (χ0v) is 16.0. The summed E-state index contributed by atoms with van der Waals surface area (Å²) in [6.07, 6.45) is 2.83. The normalized spacial score (nSPS) is 11.2. The second kappa shape index (κ2) is 10.3. The Morgan fingerprint density at radius 1 is 1.15 bits per heavy atom. The van der Waals surface area contributed by atoms with Crippen LogP contribution in [-0.4, -0.2) is 56.7 Å². The van der Waals surface area contributed by atoms with Crippen LogP contribution >= 0.6 is 0 Å². The van der Waals surface area contributed by atoms with Crippen LogP contribution in [0.2, 0.25) is 0 Å². The van der Waals surface area contributed by atoms with Crippen molar-refractivity contribution in [2.45, 2.75) is 13.3 Å². The molecule has 2 aromatic rings. The molecule has 0 aliphatic heterocycles. The number of pyridine rings is 1. The molecule has 6 heteroatoms. The molecule has 1 N–H and O–H groups in total. The van der Waals surface area contributed by atoms with Crippen LogP contribution in [0.4, 0.5) is 0 Å². The van der Waals surface area contributed by atoms with E-state index in [9.17, 15) is 0 Å². The van der Waals surface area contributed by atoms with Crippen molar-refractivity contribution in [3.63, 3.8) is 0 Å². The summed E-state index contributed by atoms with van der Waals surface area (Å²) in [4.78, 5) is 10.7. The van der Waals surface area contributed by atoms with E-state index in [1.165, 1.54) is 5.56 Å². The van der Waals surface area contributed by atoms with Crippen molar-refractivity contribution in [3.05, 3.63) is 53.9 Å². The molecule has 0 amide bonds. The van der Waals surface area contributed by atoms with Gasteiger partial charge in [-0.3, -0.25) is 9.98 Å². The van der Waals surface area contributed by atoms with Gasteiger partial charge in [-0.1, -0.05) is 6.07 Å². The average molecular weight is 356 g/mol. The first kappa shape index (κ1) is 19.6. The first-order valence-electron chi connectivity index (χ1n) is 8.72. The van der Waals surface area contributed by atoms with Crippen LogP contribution in [0.5, 0.6) is 11.5 Å². The van der Waals surface area contributed by atoms with Crippen molar-refractivity contribution in [2.75, 3.05) is 40.9 Å². The lowest BCUT2D eigenvalue weighted by Gasteiger charge is -2.22. The standard InChI is InChI=1S/C20H28N4O2/c1-16-5-6-17(15-23-16)11-12-22-20(21-2)24(3)13-14-26-19-9-7-18(25-4)8-10-19/h5-10,15H,11-14H2,1-4H3,(H,21,22). The van der Waals surface area contributed by atoms with Crippen molar-refractivity contribution in [1.82, 2.24) is 15.2 Å². The first-order chi connectivity index (χ1) is 12.6. The van der Waals surface area contributed by atoms with Gasteiger partial charge in [-0.25, -0.2) is 0 Å². The summed E-state index contributed by atoms with van der Waals surface area (Å²) in [5, 5.41) is 3.37. The molecule has 1 aromatic carbocycles. The number of rotatable bonds is 8. The molecule has 1 aromatic heterocycles. The number of nitrogens with zero attached hydrogens (tertiary/aromatic N) is 3. The highest BCUT2D eigenvalue weighted by Gasteiger charge is 2.06. The summed E-state index contributed by atoms with van der Waals surface area (Å²) in [6.45, 7) is 4.11. The number of benzene rings is 1. The number of nitrogens with one attached hydrogen (secondary N) is 1. The van der Waals surface area contributed by atoms with Crippen molar-refractivity contribution in [2.24, 2.45) is 4.99 Å². The van der Waals surface area contributed by atoms with Gasteiger partial charge in [0, 0.05) is 32.5 Å². The van der Waals surface area contributed by atoms with Gasteiger partial charge in [-0.05, 0) is 49.2 Å². The van der Waals surface area contributed by atoms with Crippen molar-refractivity contribution in [1.29, 1.82) is 0 Å².